The first kappa shape index (κ1) is 19.3. The Hall–Kier alpha value is -3.43. The van der Waals surface area contributed by atoms with Crippen LogP contribution in [-0.4, -0.2) is 36.3 Å². The molecule has 0 unspecified atom stereocenters. The molecule has 0 radical (unpaired) electrons. The van der Waals surface area contributed by atoms with E-state index in [-0.39, 0.29) is 18.9 Å². The average molecular weight is 375 g/mol. The van der Waals surface area contributed by atoms with Crippen molar-refractivity contribution >= 4 is 23.2 Å². The van der Waals surface area contributed by atoms with Gasteiger partial charge in [-0.25, -0.2) is 5.48 Å². The van der Waals surface area contributed by atoms with E-state index in [2.05, 4.69) is 16.8 Å². The molecule has 6 heteroatoms. The van der Waals surface area contributed by atoms with Gasteiger partial charge in [0.2, 0.25) is 11.8 Å². The van der Waals surface area contributed by atoms with Crippen molar-refractivity contribution in [3.8, 4) is 11.8 Å². The first-order valence-electron chi connectivity index (χ1n) is 9.03. The van der Waals surface area contributed by atoms with E-state index in [1.807, 2.05) is 48.5 Å². The number of rotatable bonds is 4. The fraction of sp³-hybridized carbons (Fsp3) is 0.227. The van der Waals surface area contributed by atoms with Crippen molar-refractivity contribution in [1.29, 1.82) is 0 Å². The molecule has 2 aromatic carbocycles. The van der Waals surface area contributed by atoms with E-state index in [9.17, 15) is 9.59 Å². The van der Waals surface area contributed by atoms with E-state index in [1.165, 1.54) is 0 Å². The monoisotopic (exact) mass is 375 g/mol. The van der Waals surface area contributed by atoms with Gasteiger partial charge in [-0.1, -0.05) is 42.2 Å². The molecule has 6 nitrogen and oxygen atoms in total. The highest BCUT2D eigenvalue weighted by Crippen LogP contribution is 2.25. The molecule has 2 aromatic rings. The fourth-order valence-electron chi connectivity index (χ4n) is 2.95. The van der Waals surface area contributed by atoms with Crippen molar-refractivity contribution in [3.63, 3.8) is 0 Å². The normalized spacial score (nSPS) is 13.0. The number of para-hydroxylation sites is 1. The molecule has 2 amide bonds. The second-order valence-corrected chi connectivity index (χ2v) is 6.40. The molecule has 28 heavy (non-hydrogen) atoms. The average Bonchev–Trinajstić information content (AvgIpc) is 2.85. The maximum Gasteiger partial charge on any atom is 0.248 e. The molecule has 0 aliphatic carbocycles. The molecule has 0 spiro atoms. The summed E-state index contributed by atoms with van der Waals surface area (Å²) in [5, 5.41) is 8.44. The van der Waals surface area contributed by atoms with Gasteiger partial charge in [-0.2, -0.15) is 0 Å². The van der Waals surface area contributed by atoms with Crippen molar-refractivity contribution in [2.24, 2.45) is 4.99 Å². The Morgan fingerprint density at radius 1 is 1.21 bits per heavy atom. The molecular formula is C22H21N3O3. The highest BCUT2D eigenvalue weighted by Gasteiger charge is 2.21. The SMILES string of the molecule is CN1C(=O)CN=C(c2ccc(C#CCCCC(=O)NO)cc2)c2ccccc21. The van der Waals surface area contributed by atoms with Crippen LogP contribution < -0.4 is 10.4 Å². The molecule has 0 atom stereocenters. The van der Waals surface area contributed by atoms with Gasteiger partial charge >= 0.3 is 0 Å². The minimum Gasteiger partial charge on any atom is -0.313 e. The number of benzene rings is 2. The van der Waals surface area contributed by atoms with Gasteiger partial charge in [0.05, 0.1) is 11.4 Å². The Bertz CT molecular complexity index is 969. The molecule has 1 aliphatic rings. The lowest BCUT2D eigenvalue weighted by atomic mass is 9.99. The summed E-state index contributed by atoms with van der Waals surface area (Å²) >= 11 is 0. The fourth-order valence-corrected chi connectivity index (χ4v) is 2.95. The van der Waals surface area contributed by atoms with Gasteiger partial charge < -0.3 is 4.90 Å². The number of nitrogens with one attached hydrogen (secondary N) is 1. The lowest BCUT2D eigenvalue weighted by Crippen LogP contribution is -2.27. The van der Waals surface area contributed by atoms with Gasteiger partial charge in [0.25, 0.3) is 0 Å². The predicted octanol–water partition coefficient (Wildman–Crippen LogP) is 2.53. The second kappa shape index (κ2) is 8.98. The Balaban J connectivity index is 1.76. The summed E-state index contributed by atoms with van der Waals surface area (Å²) < 4.78 is 0. The zero-order valence-corrected chi connectivity index (χ0v) is 15.6. The topological polar surface area (TPSA) is 82.0 Å². The number of likely N-dealkylation sites (N-methyl/N-ethyl adjacent to an activating group) is 1. The van der Waals surface area contributed by atoms with Crippen LogP contribution in [0.5, 0.6) is 0 Å². The second-order valence-electron chi connectivity index (χ2n) is 6.40. The van der Waals surface area contributed by atoms with Gasteiger partial charge in [-0.3, -0.25) is 19.8 Å². The molecule has 0 saturated heterocycles. The number of benzodiazepines with no additional fused rings is 1. The summed E-state index contributed by atoms with van der Waals surface area (Å²) in [6.45, 7) is 0.115. The number of nitrogens with zero attached hydrogens (tertiary/aromatic N) is 2. The molecule has 0 bridgehead atoms. The van der Waals surface area contributed by atoms with Crippen LogP contribution in [-0.2, 0) is 9.59 Å². The summed E-state index contributed by atoms with van der Waals surface area (Å²) in [4.78, 5) is 29.3. The number of carbonyl (C=O) groups excluding carboxylic acids is 2. The number of aliphatic imine (C=N–C) groups is 1. The van der Waals surface area contributed by atoms with Crippen LogP contribution >= 0.6 is 0 Å². The summed E-state index contributed by atoms with van der Waals surface area (Å²) in [7, 11) is 1.77. The zero-order chi connectivity index (χ0) is 19.9. The molecule has 2 N–H and O–H groups in total. The summed E-state index contributed by atoms with van der Waals surface area (Å²) in [6, 6.07) is 15.5. The Morgan fingerprint density at radius 2 is 1.96 bits per heavy atom. The third-order valence-corrected chi connectivity index (χ3v) is 4.49. The summed E-state index contributed by atoms with van der Waals surface area (Å²) in [6.07, 6.45) is 1.41. The van der Waals surface area contributed by atoms with Gasteiger partial charge in [-0.15, -0.1) is 0 Å². The Kier molecular flexibility index (Phi) is 6.20. The number of unbranched alkanes of at least 4 members (excludes halogenated alkanes) is 1. The first-order valence-corrected chi connectivity index (χ1v) is 9.03. The quantitative estimate of drug-likeness (QED) is 0.373. The largest absolute Gasteiger partial charge is 0.313 e. The lowest BCUT2D eigenvalue weighted by molar-refractivity contribution is -0.129. The van der Waals surface area contributed by atoms with Gasteiger partial charge in [0, 0.05) is 36.6 Å². The minimum absolute atomic E-state index is 0.0418. The van der Waals surface area contributed by atoms with E-state index in [0.29, 0.717) is 12.8 Å². The van der Waals surface area contributed by atoms with Crippen molar-refractivity contribution in [3.05, 3.63) is 65.2 Å². The molecule has 3 rings (SSSR count). The third kappa shape index (κ3) is 4.45. The molecule has 142 valence electrons. The summed E-state index contributed by atoms with van der Waals surface area (Å²) in [5.41, 5.74) is 5.97. The number of anilines is 1. The minimum atomic E-state index is -0.403. The number of fused-ring (bicyclic) bond motifs is 1. The maximum atomic E-state index is 12.2. The number of amides is 2. The van der Waals surface area contributed by atoms with E-state index < -0.39 is 5.91 Å². The number of hydroxylamine groups is 1. The predicted molar refractivity (Wildman–Crippen MR) is 107 cm³/mol. The van der Waals surface area contributed by atoms with E-state index in [0.717, 1.165) is 28.1 Å². The molecule has 1 aliphatic heterocycles. The number of carbonyl (C=O) groups is 2. The van der Waals surface area contributed by atoms with Crippen LogP contribution in [0.4, 0.5) is 5.69 Å². The van der Waals surface area contributed by atoms with Crippen LogP contribution in [0.25, 0.3) is 0 Å². The van der Waals surface area contributed by atoms with Gasteiger partial charge in [-0.05, 0) is 24.6 Å². The smallest absolute Gasteiger partial charge is 0.248 e. The van der Waals surface area contributed by atoms with E-state index in [4.69, 9.17) is 5.21 Å². The van der Waals surface area contributed by atoms with Crippen molar-refractivity contribution < 1.29 is 14.8 Å². The molecule has 0 aromatic heterocycles. The maximum absolute atomic E-state index is 12.2. The van der Waals surface area contributed by atoms with Gasteiger partial charge in [0.15, 0.2) is 0 Å². The van der Waals surface area contributed by atoms with Crippen LogP contribution in [0.3, 0.4) is 0 Å². The van der Waals surface area contributed by atoms with Crippen LogP contribution in [0, 0.1) is 11.8 Å². The Labute approximate surface area is 163 Å². The van der Waals surface area contributed by atoms with Crippen LogP contribution in [0.2, 0.25) is 0 Å². The Morgan fingerprint density at radius 3 is 2.71 bits per heavy atom. The van der Waals surface area contributed by atoms with Crippen molar-refractivity contribution in [2.75, 3.05) is 18.5 Å². The van der Waals surface area contributed by atoms with Gasteiger partial charge in [0.1, 0.15) is 6.54 Å². The lowest BCUT2D eigenvalue weighted by Gasteiger charge is -2.17. The molecule has 1 heterocycles. The standard InChI is InChI=1S/C22H21N3O3/c1-25-19-9-6-5-8-18(19)22(23-15-21(25)27)17-13-11-16(12-14-17)7-3-2-4-10-20(26)24-28/h5-6,8-9,11-14,28H,2,4,10,15H2,1H3,(H,24,26). The zero-order valence-electron chi connectivity index (χ0n) is 15.6. The first-order chi connectivity index (χ1) is 13.6. The highest BCUT2D eigenvalue weighted by atomic mass is 16.5. The van der Waals surface area contributed by atoms with Crippen molar-refractivity contribution in [2.45, 2.75) is 19.3 Å². The summed E-state index contributed by atoms with van der Waals surface area (Å²) in [5.74, 6) is 5.65. The third-order valence-electron chi connectivity index (χ3n) is 4.49. The van der Waals surface area contributed by atoms with Crippen LogP contribution in [0.15, 0.2) is 53.5 Å². The van der Waals surface area contributed by atoms with Crippen LogP contribution in [0.1, 0.15) is 36.0 Å². The molecule has 0 saturated carbocycles. The van der Waals surface area contributed by atoms with E-state index >= 15 is 0 Å². The van der Waals surface area contributed by atoms with Crippen molar-refractivity contribution in [1.82, 2.24) is 5.48 Å². The molecular weight excluding hydrogens is 354 g/mol. The number of hydrogen-bond donors (Lipinski definition) is 2. The van der Waals surface area contributed by atoms with E-state index in [1.54, 1.807) is 17.4 Å². The number of hydrogen-bond acceptors (Lipinski definition) is 4. The highest BCUT2D eigenvalue weighted by molar-refractivity contribution is 6.19. The molecule has 0 fully saturated rings.